The van der Waals surface area contributed by atoms with E-state index in [9.17, 15) is 5.21 Å². The van der Waals surface area contributed by atoms with Gasteiger partial charge < -0.3 is 14.8 Å². The molecule has 0 radical (unpaired) electrons. The molecule has 3 spiro atoms. The Morgan fingerprint density at radius 3 is 2.63 bits per heavy atom. The first-order chi connectivity index (χ1) is 21.0. The van der Waals surface area contributed by atoms with Crippen molar-refractivity contribution in [3.8, 4) is 0 Å². The molecule has 5 heteroatoms. The van der Waals surface area contributed by atoms with Gasteiger partial charge in [0.05, 0.1) is 29.6 Å². The van der Waals surface area contributed by atoms with E-state index in [1.165, 1.54) is 61.4 Å². The van der Waals surface area contributed by atoms with Crippen molar-refractivity contribution < 1.29 is 4.65 Å². The summed E-state index contributed by atoms with van der Waals surface area (Å²) in [5, 5.41) is 14.7. The van der Waals surface area contributed by atoms with Crippen molar-refractivity contribution in [3.05, 3.63) is 76.1 Å². The number of hydrogen-bond acceptors (Lipinski definition) is 4. The topological polar surface area (TPSA) is 41.9 Å². The molecule has 4 saturated heterocycles. The van der Waals surface area contributed by atoms with Crippen LogP contribution in [0.25, 0.3) is 0 Å². The van der Waals surface area contributed by atoms with Crippen LogP contribution in [-0.4, -0.2) is 60.1 Å². The Balaban J connectivity index is 1.20. The molecule has 0 amide bonds. The van der Waals surface area contributed by atoms with Gasteiger partial charge in [-0.3, -0.25) is 9.89 Å². The molecule has 2 aliphatic carbocycles. The first kappa shape index (κ1) is 24.8. The van der Waals surface area contributed by atoms with Crippen molar-refractivity contribution in [1.82, 2.24) is 4.90 Å². The van der Waals surface area contributed by atoms with Gasteiger partial charge in [0.1, 0.15) is 6.04 Å². The van der Waals surface area contributed by atoms with Gasteiger partial charge in [-0.15, -0.1) is 0 Å². The average Bonchev–Trinajstić information content (AvgIpc) is 3.77. The summed E-state index contributed by atoms with van der Waals surface area (Å²) in [7, 11) is 0. The van der Waals surface area contributed by atoms with Gasteiger partial charge in [-0.05, 0) is 78.8 Å². The summed E-state index contributed by atoms with van der Waals surface area (Å²) in [5.74, 6) is 2.42. The van der Waals surface area contributed by atoms with Crippen LogP contribution in [0.3, 0.4) is 0 Å². The Morgan fingerprint density at radius 1 is 0.953 bits per heavy atom. The fourth-order valence-corrected chi connectivity index (χ4v) is 13.9. The maximum atomic E-state index is 14.7. The zero-order chi connectivity index (χ0) is 28.5. The first-order valence-electron chi connectivity index (χ1n) is 17.6. The number of fused-ring (bicyclic) bond motifs is 8. The molecule has 1 unspecified atom stereocenters. The molecule has 2 aromatic carbocycles. The van der Waals surface area contributed by atoms with Gasteiger partial charge in [-0.1, -0.05) is 56.7 Å². The fourth-order valence-electron chi connectivity index (χ4n) is 13.9. The zero-order valence-corrected chi connectivity index (χ0v) is 25.8. The summed E-state index contributed by atoms with van der Waals surface area (Å²) in [5.41, 5.74) is 10.6. The van der Waals surface area contributed by atoms with E-state index >= 15 is 0 Å². The van der Waals surface area contributed by atoms with Gasteiger partial charge in [0, 0.05) is 60.4 Å². The number of para-hydroxylation sites is 2. The van der Waals surface area contributed by atoms with Crippen molar-refractivity contribution in [2.75, 3.05) is 37.6 Å². The third kappa shape index (κ3) is 2.49. The number of rotatable bonds is 2. The highest BCUT2D eigenvalue weighted by atomic mass is 16.5. The largest absolute Gasteiger partial charge is 0.633 e. The number of benzene rings is 2. The number of hydrogen-bond donors (Lipinski definition) is 0. The van der Waals surface area contributed by atoms with E-state index in [-0.39, 0.29) is 26.9 Å². The van der Waals surface area contributed by atoms with E-state index in [1.54, 1.807) is 11.3 Å². The Bertz CT molecular complexity index is 1680. The van der Waals surface area contributed by atoms with Crippen molar-refractivity contribution in [3.63, 3.8) is 0 Å². The summed E-state index contributed by atoms with van der Waals surface area (Å²) in [4.78, 5) is 11.5. The average molecular weight is 573 g/mol. The first-order valence-corrected chi connectivity index (χ1v) is 17.6. The smallest absolute Gasteiger partial charge is 0.104 e. The third-order valence-electron chi connectivity index (χ3n) is 15.3. The monoisotopic (exact) mass is 572 g/mol. The molecule has 11 rings (SSSR count). The predicted molar refractivity (Wildman–Crippen MR) is 170 cm³/mol. The highest BCUT2D eigenvalue weighted by Crippen LogP contribution is 2.72. The minimum Gasteiger partial charge on any atom is -0.633 e. The number of quaternary nitrogens is 1. The molecule has 5 fully saturated rings. The van der Waals surface area contributed by atoms with Crippen LogP contribution in [0.1, 0.15) is 69.9 Å². The number of hydroxylamine groups is 3. The Morgan fingerprint density at radius 2 is 1.77 bits per heavy atom. The summed E-state index contributed by atoms with van der Waals surface area (Å²) in [6.07, 6.45) is 8.23. The molecule has 2 aromatic rings. The molecule has 0 aromatic heterocycles. The quantitative estimate of drug-likeness (QED) is 0.297. The van der Waals surface area contributed by atoms with Crippen LogP contribution < -0.4 is 4.90 Å². The molecule has 4 bridgehead atoms. The molecule has 43 heavy (non-hydrogen) atoms. The Hall–Kier alpha value is -2.47. The third-order valence-corrected chi connectivity index (χ3v) is 15.3. The van der Waals surface area contributed by atoms with Crippen molar-refractivity contribution in [2.24, 2.45) is 34.1 Å². The molecule has 10 atom stereocenters. The lowest BCUT2D eigenvalue weighted by atomic mass is 9.45. The van der Waals surface area contributed by atoms with E-state index < -0.39 is 0 Å². The standard InChI is InChI=1S/C38H44N4O/c1-3-23-20-40-15-13-37-28-10-6-8-12-31(28)41-22-36(19-26(34(37)41)25(23)17-32(37)40)29-18-33-38(14-16-42(33,43)21-24(29)4-2)27-9-5-7-11-30(27)39-35(36)38/h5-12,23-25,29,32-33H,3-4,13-22H2,1-2H3/t23-,24-,25+,29+,32+,33+,36-,37-,38-,42?/m1/s1. The summed E-state index contributed by atoms with van der Waals surface area (Å²) in [6, 6.07) is 19.3. The van der Waals surface area contributed by atoms with Crippen LogP contribution in [0.5, 0.6) is 0 Å². The second-order valence-corrected chi connectivity index (χ2v) is 16.1. The van der Waals surface area contributed by atoms with Crippen LogP contribution in [0, 0.1) is 34.3 Å². The lowest BCUT2D eigenvalue weighted by Gasteiger charge is -2.66. The molecular formula is C38H44N4O. The van der Waals surface area contributed by atoms with Crippen LogP contribution in [0.4, 0.5) is 11.4 Å². The molecule has 5 nitrogen and oxygen atoms in total. The molecule has 7 aliphatic heterocycles. The van der Waals surface area contributed by atoms with E-state index in [4.69, 9.17) is 4.99 Å². The van der Waals surface area contributed by atoms with Gasteiger partial charge in [-0.2, -0.15) is 0 Å². The summed E-state index contributed by atoms with van der Waals surface area (Å²) in [6.45, 7) is 9.97. The van der Waals surface area contributed by atoms with Crippen molar-refractivity contribution >= 4 is 17.1 Å². The molecule has 222 valence electrons. The summed E-state index contributed by atoms with van der Waals surface area (Å²) >= 11 is 0. The van der Waals surface area contributed by atoms with Gasteiger partial charge in [0.25, 0.3) is 0 Å². The van der Waals surface area contributed by atoms with Crippen LogP contribution >= 0.6 is 0 Å². The Kier molecular flexibility index (Phi) is 4.42. The molecule has 7 heterocycles. The molecule has 9 aliphatic rings. The normalized spacial score (nSPS) is 47.4. The number of anilines is 1. The summed E-state index contributed by atoms with van der Waals surface area (Å²) < 4.78 is 0.0279. The highest BCUT2D eigenvalue weighted by Gasteiger charge is 2.75. The van der Waals surface area contributed by atoms with Gasteiger partial charge in [0.2, 0.25) is 0 Å². The number of piperidine rings is 2. The van der Waals surface area contributed by atoms with Crippen LogP contribution in [0.2, 0.25) is 0 Å². The molecule has 0 N–H and O–H groups in total. The maximum Gasteiger partial charge on any atom is 0.104 e. The van der Waals surface area contributed by atoms with E-state index in [1.807, 2.05) is 5.57 Å². The van der Waals surface area contributed by atoms with Crippen LogP contribution in [0.15, 0.2) is 64.8 Å². The SMILES string of the molecule is CC[C@@H]1CN2CC[C@@]34C5=C(C[C@]6(CN5c5ccccc53)C3=Nc5ccccc5[C@@]35CC[N+]3([O-])C[C@@H](CC)[C@@H]6C[C@@H]53)[C@H]1C[C@H]24. The number of nitrogens with zero attached hydrogens (tertiary/aromatic N) is 4. The minimum atomic E-state index is -0.180. The van der Waals surface area contributed by atoms with Gasteiger partial charge in [0.15, 0.2) is 0 Å². The Labute approximate surface area is 255 Å². The lowest BCUT2D eigenvalue weighted by Crippen LogP contribution is -2.72. The molecular weight excluding hydrogens is 528 g/mol. The predicted octanol–water partition coefficient (Wildman–Crippen LogP) is 6.69. The van der Waals surface area contributed by atoms with Gasteiger partial charge >= 0.3 is 0 Å². The van der Waals surface area contributed by atoms with E-state index in [0.29, 0.717) is 23.8 Å². The molecule has 1 saturated carbocycles. The van der Waals surface area contributed by atoms with E-state index in [2.05, 4.69) is 72.2 Å². The maximum absolute atomic E-state index is 14.7. The van der Waals surface area contributed by atoms with Crippen LogP contribution in [-0.2, 0) is 10.8 Å². The zero-order valence-electron chi connectivity index (χ0n) is 25.8. The van der Waals surface area contributed by atoms with Gasteiger partial charge in [-0.25, -0.2) is 0 Å². The van der Waals surface area contributed by atoms with Crippen molar-refractivity contribution in [2.45, 2.75) is 81.7 Å². The highest BCUT2D eigenvalue weighted by molar-refractivity contribution is 6.08. The number of aliphatic imine (C=N–C) groups is 1. The fraction of sp³-hybridized carbons (Fsp3) is 0.605. The second-order valence-electron chi connectivity index (χ2n) is 16.1. The lowest BCUT2D eigenvalue weighted by molar-refractivity contribution is -0.906. The van der Waals surface area contributed by atoms with Crippen molar-refractivity contribution in [1.29, 1.82) is 0 Å². The minimum absolute atomic E-state index is 0.00979. The second kappa shape index (κ2) is 7.66. The van der Waals surface area contributed by atoms with E-state index in [0.717, 1.165) is 44.8 Å². The number of allylic oxidation sites excluding steroid dienone is 1.